The molecule has 0 amide bonds. The number of hydrogen-bond acceptors (Lipinski definition) is 6. The van der Waals surface area contributed by atoms with Gasteiger partial charge in [0.1, 0.15) is 6.61 Å². The van der Waals surface area contributed by atoms with Crippen LogP contribution in [-0.2, 0) is 28.6 Å². The van der Waals surface area contributed by atoms with Gasteiger partial charge >= 0.3 is 11.9 Å². The number of carbonyl (C=O) groups excluding carboxylic acids is 2. The van der Waals surface area contributed by atoms with E-state index in [2.05, 4.69) is 6.92 Å². The molecule has 0 saturated carbocycles. The second-order valence-corrected chi connectivity index (χ2v) is 7.92. The third kappa shape index (κ3) is 23.0. The van der Waals surface area contributed by atoms with Crippen molar-refractivity contribution in [1.82, 2.24) is 0 Å². The highest BCUT2D eigenvalue weighted by Crippen LogP contribution is 2.12. The maximum atomic E-state index is 11.3. The minimum Gasteiger partial charge on any atom is -0.476 e. The molecule has 1 N–H and O–H groups in total. The molecule has 0 spiro atoms. The molecule has 182 valence electrons. The number of ketones is 1. The fourth-order valence-electron chi connectivity index (χ4n) is 3.15. The Balaban J connectivity index is 3.16. The van der Waals surface area contributed by atoms with Crippen LogP contribution in [0.25, 0.3) is 0 Å². The zero-order chi connectivity index (χ0) is 23.0. The lowest BCUT2D eigenvalue weighted by atomic mass is 10.0. The summed E-state index contributed by atoms with van der Waals surface area (Å²) in [5.74, 6) is -3.12. The van der Waals surface area contributed by atoms with Crippen molar-refractivity contribution >= 4 is 17.7 Å². The van der Waals surface area contributed by atoms with E-state index < -0.39 is 17.7 Å². The monoisotopic (exact) mass is 444 g/mol. The molecule has 0 radical (unpaired) electrons. The van der Waals surface area contributed by atoms with Gasteiger partial charge < -0.3 is 19.3 Å². The number of unbranched alkanes of at least 4 members (excludes halogenated alkanes) is 12. The lowest BCUT2D eigenvalue weighted by molar-refractivity contribution is -0.151. The van der Waals surface area contributed by atoms with Crippen LogP contribution in [0.4, 0.5) is 0 Å². The standard InChI is InChI=1S/C24H44O7/c1-2-3-4-5-6-7-8-9-10-11-12-13-14-17-29-18-19-30-20-21-31-23(26)16-15-22(25)24(27)28/h2-21H2,1H3,(H,27,28). The van der Waals surface area contributed by atoms with Crippen molar-refractivity contribution in [2.45, 2.75) is 103 Å². The van der Waals surface area contributed by atoms with E-state index in [0.29, 0.717) is 13.2 Å². The Labute approximate surface area is 188 Å². The number of aliphatic carboxylic acids is 1. The van der Waals surface area contributed by atoms with Crippen molar-refractivity contribution in [2.75, 3.05) is 33.0 Å². The quantitative estimate of drug-likeness (QED) is 0.126. The number of carboxylic acid groups (broad SMARTS) is 1. The van der Waals surface area contributed by atoms with E-state index in [1.165, 1.54) is 77.0 Å². The highest BCUT2D eigenvalue weighted by molar-refractivity contribution is 6.32. The van der Waals surface area contributed by atoms with E-state index in [-0.39, 0.29) is 26.1 Å². The minimum absolute atomic E-state index is 0.0823. The van der Waals surface area contributed by atoms with Crippen LogP contribution in [0.2, 0.25) is 0 Å². The molecule has 7 nitrogen and oxygen atoms in total. The molecule has 0 aliphatic heterocycles. The van der Waals surface area contributed by atoms with Crippen molar-refractivity contribution in [3.63, 3.8) is 0 Å². The van der Waals surface area contributed by atoms with Crippen molar-refractivity contribution < 1.29 is 33.7 Å². The zero-order valence-corrected chi connectivity index (χ0v) is 19.5. The summed E-state index contributed by atoms with van der Waals surface area (Å²) in [4.78, 5) is 32.5. The van der Waals surface area contributed by atoms with E-state index in [1.807, 2.05) is 0 Å². The molecule has 0 aliphatic carbocycles. The summed E-state index contributed by atoms with van der Waals surface area (Å²) in [6.07, 6.45) is 16.7. The Kier molecular flexibility index (Phi) is 22.1. The third-order valence-electron chi connectivity index (χ3n) is 5.05. The predicted molar refractivity (Wildman–Crippen MR) is 120 cm³/mol. The lowest BCUT2D eigenvalue weighted by Crippen LogP contribution is -2.17. The first-order valence-corrected chi connectivity index (χ1v) is 12.1. The Morgan fingerprint density at radius 3 is 1.55 bits per heavy atom. The Morgan fingerprint density at radius 2 is 1.03 bits per heavy atom. The average Bonchev–Trinajstić information content (AvgIpc) is 2.76. The van der Waals surface area contributed by atoms with Gasteiger partial charge in [0.2, 0.25) is 5.78 Å². The lowest BCUT2D eigenvalue weighted by Gasteiger charge is -2.07. The van der Waals surface area contributed by atoms with Crippen molar-refractivity contribution in [2.24, 2.45) is 0 Å². The summed E-state index contributed by atoms with van der Waals surface area (Å²) < 4.78 is 15.7. The van der Waals surface area contributed by atoms with Crippen molar-refractivity contribution in [1.29, 1.82) is 0 Å². The summed E-state index contributed by atoms with van der Waals surface area (Å²) in [5.41, 5.74) is 0. The van der Waals surface area contributed by atoms with Crippen LogP contribution in [0.15, 0.2) is 0 Å². The fourth-order valence-corrected chi connectivity index (χ4v) is 3.15. The average molecular weight is 445 g/mol. The predicted octanol–water partition coefficient (Wildman–Crippen LogP) is 5.09. The van der Waals surface area contributed by atoms with Gasteiger partial charge in [0.15, 0.2) is 0 Å². The van der Waals surface area contributed by atoms with Crippen LogP contribution in [0.3, 0.4) is 0 Å². The van der Waals surface area contributed by atoms with Gasteiger partial charge in [0.25, 0.3) is 0 Å². The molecular formula is C24H44O7. The molecule has 0 atom stereocenters. The summed E-state index contributed by atoms with van der Waals surface area (Å²) >= 11 is 0. The van der Waals surface area contributed by atoms with Gasteiger partial charge in [-0.2, -0.15) is 0 Å². The van der Waals surface area contributed by atoms with E-state index in [9.17, 15) is 14.4 Å². The molecule has 0 aliphatic rings. The molecule has 0 aromatic rings. The van der Waals surface area contributed by atoms with E-state index in [4.69, 9.17) is 19.3 Å². The van der Waals surface area contributed by atoms with Crippen molar-refractivity contribution in [3.05, 3.63) is 0 Å². The number of hydrogen-bond donors (Lipinski definition) is 1. The molecule has 0 heterocycles. The molecular weight excluding hydrogens is 400 g/mol. The Bertz CT molecular complexity index is 451. The molecule has 0 aromatic heterocycles. The van der Waals surface area contributed by atoms with E-state index in [1.54, 1.807) is 0 Å². The molecule has 0 aromatic carbocycles. The van der Waals surface area contributed by atoms with Crippen LogP contribution < -0.4 is 0 Å². The summed E-state index contributed by atoms with van der Waals surface area (Å²) in [6, 6.07) is 0. The SMILES string of the molecule is CCCCCCCCCCCCCCCOCCOCCOC(=O)CCC(=O)C(=O)O. The van der Waals surface area contributed by atoms with Crippen LogP contribution in [0, 0.1) is 0 Å². The van der Waals surface area contributed by atoms with Crippen LogP contribution in [-0.4, -0.2) is 55.9 Å². The van der Waals surface area contributed by atoms with Crippen LogP contribution in [0.5, 0.6) is 0 Å². The number of ether oxygens (including phenoxy) is 3. The molecule has 0 fully saturated rings. The molecule has 7 heteroatoms. The maximum absolute atomic E-state index is 11.3. The number of rotatable bonds is 24. The summed E-state index contributed by atoms with van der Waals surface area (Å²) in [6.45, 7) is 4.29. The highest BCUT2D eigenvalue weighted by atomic mass is 16.6. The van der Waals surface area contributed by atoms with Gasteiger partial charge in [-0.15, -0.1) is 0 Å². The number of carboxylic acids is 1. The van der Waals surface area contributed by atoms with Crippen molar-refractivity contribution in [3.8, 4) is 0 Å². The number of carbonyl (C=O) groups is 3. The Morgan fingerprint density at radius 1 is 0.581 bits per heavy atom. The van der Waals surface area contributed by atoms with Crippen LogP contribution in [0.1, 0.15) is 103 Å². The number of Topliss-reactive ketones (excluding diaryl/α,β-unsaturated/α-hetero) is 1. The minimum atomic E-state index is -1.53. The second kappa shape index (κ2) is 23.2. The first-order valence-electron chi connectivity index (χ1n) is 12.1. The topological polar surface area (TPSA) is 99.1 Å². The van der Waals surface area contributed by atoms with Gasteiger partial charge in [-0.25, -0.2) is 4.79 Å². The van der Waals surface area contributed by atoms with Gasteiger partial charge in [-0.05, 0) is 6.42 Å². The third-order valence-corrected chi connectivity index (χ3v) is 5.05. The van der Waals surface area contributed by atoms with Gasteiger partial charge in [0, 0.05) is 13.0 Å². The molecule has 0 rings (SSSR count). The normalized spacial score (nSPS) is 10.9. The van der Waals surface area contributed by atoms with Gasteiger partial charge in [0.05, 0.1) is 26.2 Å². The van der Waals surface area contributed by atoms with Gasteiger partial charge in [-0.3, -0.25) is 9.59 Å². The fraction of sp³-hybridized carbons (Fsp3) is 0.875. The smallest absolute Gasteiger partial charge is 0.372 e. The first kappa shape index (κ1) is 29.5. The Hall–Kier alpha value is -1.47. The first-order chi connectivity index (χ1) is 15.1. The van der Waals surface area contributed by atoms with E-state index >= 15 is 0 Å². The van der Waals surface area contributed by atoms with Gasteiger partial charge in [-0.1, -0.05) is 84.0 Å². The second-order valence-electron chi connectivity index (χ2n) is 7.92. The van der Waals surface area contributed by atoms with Crippen LogP contribution >= 0.6 is 0 Å². The highest BCUT2D eigenvalue weighted by Gasteiger charge is 2.14. The molecule has 0 saturated heterocycles. The maximum Gasteiger partial charge on any atom is 0.372 e. The summed E-state index contributed by atoms with van der Waals surface area (Å²) in [7, 11) is 0. The molecule has 0 unspecified atom stereocenters. The molecule has 0 bridgehead atoms. The molecule has 31 heavy (non-hydrogen) atoms. The van der Waals surface area contributed by atoms with E-state index in [0.717, 1.165) is 13.0 Å². The zero-order valence-electron chi connectivity index (χ0n) is 19.5. The largest absolute Gasteiger partial charge is 0.476 e. The number of esters is 1. The summed E-state index contributed by atoms with van der Waals surface area (Å²) in [5, 5.41) is 8.41.